The molecule has 2 N–H and O–H groups in total. The molecule has 0 saturated carbocycles. The predicted molar refractivity (Wildman–Crippen MR) is 101 cm³/mol. The second-order valence-corrected chi connectivity index (χ2v) is 6.84. The molecule has 2 aromatic rings. The van der Waals surface area contributed by atoms with E-state index in [2.05, 4.69) is 15.7 Å². The summed E-state index contributed by atoms with van der Waals surface area (Å²) in [6, 6.07) is 7.42. The molecule has 2 heterocycles. The largest absolute Gasteiger partial charge is 0.376 e. The molecule has 1 unspecified atom stereocenters. The Labute approximate surface area is 156 Å². The zero-order valence-corrected chi connectivity index (χ0v) is 15.3. The van der Waals surface area contributed by atoms with Crippen molar-refractivity contribution in [1.29, 1.82) is 0 Å². The van der Waals surface area contributed by atoms with Gasteiger partial charge < -0.3 is 15.4 Å². The number of aromatic nitrogens is 2. The number of nitrogens with zero attached hydrogens (tertiary/aromatic N) is 2. The monoisotopic (exact) mass is 384 g/mol. The molecule has 1 aliphatic rings. The molecular weight excluding hydrogens is 367 g/mol. The van der Waals surface area contributed by atoms with Gasteiger partial charge in [0.15, 0.2) is 10.9 Å². The summed E-state index contributed by atoms with van der Waals surface area (Å²) in [4.78, 5) is 0. The van der Waals surface area contributed by atoms with E-state index in [0.29, 0.717) is 27.5 Å². The number of hydrogen-bond donors (Lipinski definition) is 2. The van der Waals surface area contributed by atoms with Crippen LogP contribution in [0.4, 0.5) is 5.82 Å². The van der Waals surface area contributed by atoms with E-state index in [1.165, 1.54) is 0 Å². The Morgan fingerprint density at radius 2 is 2.21 bits per heavy atom. The maximum absolute atomic E-state index is 6.03. The van der Waals surface area contributed by atoms with Crippen LogP contribution in [0.5, 0.6) is 0 Å². The Hall–Kier alpha value is -1.34. The van der Waals surface area contributed by atoms with Gasteiger partial charge in [0.2, 0.25) is 0 Å². The van der Waals surface area contributed by atoms with Gasteiger partial charge in [-0.05, 0) is 42.8 Å². The number of benzene rings is 1. The summed E-state index contributed by atoms with van der Waals surface area (Å²) in [5.74, 6) is 0.694. The number of ether oxygens (including phenoxy) is 1. The van der Waals surface area contributed by atoms with Crippen LogP contribution in [-0.2, 0) is 11.3 Å². The maximum Gasteiger partial charge on any atom is 0.172 e. The summed E-state index contributed by atoms with van der Waals surface area (Å²) in [6.45, 7) is 2.16. The average molecular weight is 385 g/mol. The first-order chi connectivity index (χ1) is 11.6. The minimum absolute atomic E-state index is 0.247. The Bertz CT molecular complexity index is 716. The second kappa shape index (κ2) is 8.16. The molecule has 0 radical (unpaired) electrons. The lowest BCUT2D eigenvalue weighted by atomic mass is 10.2. The molecule has 5 nitrogen and oxygen atoms in total. The van der Waals surface area contributed by atoms with E-state index in [-0.39, 0.29) is 6.10 Å². The zero-order chi connectivity index (χ0) is 16.9. The fourth-order valence-corrected chi connectivity index (χ4v) is 3.02. The first kappa shape index (κ1) is 17.5. The van der Waals surface area contributed by atoms with Crippen molar-refractivity contribution in [2.24, 2.45) is 0 Å². The van der Waals surface area contributed by atoms with Crippen molar-refractivity contribution < 1.29 is 4.74 Å². The normalized spacial score (nSPS) is 17.0. The average Bonchev–Trinajstić information content (AvgIpc) is 3.21. The minimum atomic E-state index is 0.247. The molecule has 128 valence electrons. The van der Waals surface area contributed by atoms with E-state index in [9.17, 15) is 0 Å². The summed E-state index contributed by atoms with van der Waals surface area (Å²) in [7, 11) is 0. The first-order valence-electron chi connectivity index (χ1n) is 7.74. The zero-order valence-electron chi connectivity index (χ0n) is 13.0. The number of halogens is 2. The van der Waals surface area contributed by atoms with E-state index in [0.717, 1.165) is 31.6 Å². The van der Waals surface area contributed by atoms with Crippen molar-refractivity contribution >= 4 is 46.4 Å². The molecule has 1 aliphatic heterocycles. The van der Waals surface area contributed by atoms with Gasteiger partial charge in [-0.15, -0.1) is 0 Å². The number of hydrogen-bond acceptors (Lipinski definition) is 3. The van der Waals surface area contributed by atoms with Gasteiger partial charge in [0.05, 0.1) is 22.7 Å². The van der Waals surface area contributed by atoms with Gasteiger partial charge in [-0.25, -0.2) is 0 Å². The molecule has 3 rings (SSSR count). The van der Waals surface area contributed by atoms with Gasteiger partial charge in [-0.2, -0.15) is 5.10 Å². The highest BCUT2D eigenvalue weighted by molar-refractivity contribution is 7.80. The van der Waals surface area contributed by atoms with Gasteiger partial charge in [0, 0.05) is 25.4 Å². The molecular formula is C16H18Cl2N4OS. The highest BCUT2D eigenvalue weighted by Gasteiger charge is 2.15. The van der Waals surface area contributed by atoms with Gasteiger partial charge in [0.1, 0.15) is 0 Å². The van der Waals surface area contributed by atoms with Crippen LogP contribution in [0, 0.1) is 0 Å². The standard InChI is InChI=1S/C16H18Cl2N4OS/c17-13-4-3-11(8-14(13)18)10-22-6-5-15(21-22)20-16(24)19-9-12-2-1-7-23-12/h3-6,8,12H,1-2,7,9-10H2,(H2,19,20,21,24). The summed E-state index contributed by atoms with van der Waals surface area (Å²) >= 11 is 17.2. The Morgan fingerprint density at radius 3 is 2.96 bits per heavy atom. The molecule has 0 bridgehead atoms. The second-order valence-electron chi connectivity index (χ2n) is 5.62. The van der Waals surface area contributed by atoms with Crippen LogP contribution in [0.25, 0.3) is 0 Å². The number of nitrogens with one attached hydrogen (secondary N) is 2. The van der Waals surface area contributed by atoms with Crippen molar-refractivity contribution in [1.82, 2.24) is 15.1 Å². The van der Waals surface area contributed by atoms with Crippen molar-refractivity contribution in [2.75, 3.05) is 18.5 Å². The third-order valence-corrected chi connectivity index (χ3v) is 4.71. The highest BCUT2D eigenvalue weighted by atomic mass is 35.5. The number of thiocarbonyl (C=S) groups is 1. The van der Waals surface area contributed by atoms with Gasteiger partial charge in [-0.3, -0.25) is 4.68 Å². The molecule has 1 saturated heterocycles. The van der Waals surface area contributed by atoms with Gasteiger partial charge >= 0.3 is 0 Å². The third kappa shape index (κ3) is 4.83. The summed E-state index contributed by atoms with van der Waals surface area (Å²) in [6.07, 6.45) is 4.32. The lowest BCUT2D eigenvalue weighted by Gasteiger charge is -2.12. The Kier molecular flexibility index (Phi) is 5.94. The molecule has 0 spiro atoms. The fraction of sp³-hybridized carbons (Fsp3) is 0.375. The fourth-order valence-electron chi connectivity index (χ4n) is 2.51. The van der Waals surface area contributed by atoms with Crippen LogP contribution in [0.2, 0.25) is 10.0 Å². The van der Waals surface area contributed by atoms with Crippen LogP contribution >= 0.6 is 35.4 Å². The third-order valence-electron chi connectivity index (χ3n) is 3.73. The molecule has 0 amide bonds. The molecule has 24 heavy (non-hydrogen) atoms. The van der Waals surface area contributed by atoms with Crippen LogP contribution < -0.4 is 10.6 Å². The Morgan fingerprint density at radius 1 is 1.33 bits per heavy atom. The van der Waals surface area contributed by atoms with E-state index in [1.807, 2.05) is 29.1 Å². The highest BCUT2D eigenvalue weighted by Crippen LogP contribution is 2.23. The van der Waals surface area contributed by atoms with E-state index < -0.39 is 0 Å². The van der Waals surface area contributed by atoms with E-state index in [1.54, 1.807) is 6.07 Å². The van der Waals surface area contributed by atoms with Crippen molar-refractivity contribution in [3.8, 4) is 0 Å². The molecule has 1 aromatic heterocycles. The number of anilines is 1. The molecule has 1 fully saturated rings. The van der Waals surface area contributed by atoms with Gasteiger partial charge in [0.25, 0.3) is 0 Å². The number of rotatable bonds is 5. The lowest BCUT2D eigenvalue weighted by Crippen LogP contribution is -2.34. The van der Waals surface area contributed by atoms with Crippen molar-refractivity contribution in [2.45, 2.75) is 25.5 Å². The topological polar surface area (TPSA) is 51.1 Å². The van der Waals surface area contributed by atoms with Gasteiger partial charge in [-0.1, -0.05) is 29.3 Å². The van der Waals surface area contributed by atoms with Crippen molar-refractivity contribution in [3.05, 3.63) is 46.1 Å². The summed E-state index contributed by atoms with van der Waals surface area (Å²) in [5, 5.41) is 12.3. The molecule has 0 aliphatic carbocycles. The Balaban J connectivity index is 1.51. The van der Waals surface area contributed by atoms with Crippen LogP contribution in [-0.4, -0.2) is 34.1 Å². The maximum atomic E-state index is 6.03. The molecule has 1 atom stereocenters. The lowest BCUT2D eigenvalue weighted by molar-refractivity contribution is 0.114. The smallest absolute Gasteiger partial charge is 0.172 e. The van der Waals surface area contributed by atoms with Crippen LogP contribution in [0.3, 0.4) is 0 Å². The molecule has 1 aromatic carbocycles. The molecule has 8 heteroatoms. The summed E-state index contributed by atoms with van der Waals surface area (Å²) in [5.41, 5.74) is 1.03. The van der Waals surface area contributed by atoms with Crippen LogP contribution in [0.1, 0.15) is 18.4 Å². The quantitative estimate of drug-likeness (QED) is 0.769. The summed E-state index contributed by atoms with van der Waals surface area (Å²) < 4.78 is 7.36. The van der Waals surface area contributed by atoms with Crippen LogP contribution in [0.15, 0.2) is 30.5 Å². The predicted octanol–water partition coefficient (Wildman–Crippen LogP) is 3.70. The van der Waals surface area contributed by atoms with E-state index >= 15 is 0 Å². The van der Waals surface area contributed by atoms with Crippen molar-refractivity contribution in [3.63, 3.8) is 0 Å². The first-order valence-corrected chi connectivity index (χ1v) is 8.90. The van der Waals surface area contributed by atoms with E-state index in [4.69, 9.17) is 40.2 Å². The SMILES string of the molecule is S=C(NCC1CCCO1)Nc1ccn(Cc2ccc(Cl)c(Cl)c2)n1. The minimum Gasteiger partial charge on any atom is -0.376 e.